The van der Waals surface area contributed by atoms with E-state index in [-0.39, 0.29) is 46.4 Å². The molecule has 16 heteroatoms. The standard InChI is InChI=1S/C57H70F2N10O4/c1-35-31-67(42-14-11-37(12-15-42)53(71)62-54-56(3,4)55(57(54,5)6)73-44-16-13-39(29-60)50(27-44)72-8)24-17-40(35)33-65-22-18-43(19-23-65)69-48-20-25-66(36(2)70)34-47(48)52(63-69)68-21-9-10-38-26-45(41-30-61-64(7)32-41)46(51(58)59)28-49(38)68/h11-16,26-28,30,32,35,40,43,51,54-55H,9-10,17-25,31,33-34H2,1-8H3,(H,62,71)/t35-,40-,54?,55?/m0/s1. The summed E-state index contributed by atoms with van der Waals surface area (Å²) in [6.45, 7) is 19.1. The molecule has 0 radical (unpaired) electrons. The molecular formula is C57H70F2N10O4. The second-order valence-corrected chi connectivity index (χ2v) is 22.5. The summed E-state index contributed by atoms with van der Waals surface area (Å²) < 4.78 is 45.4. The minimum atomic E-state index is -2.66. The lowest BCUT2D eigenvalue weighted by atomic mass is 9.49. The third-order valence-electron chi connectivity index (χ3n) is 17.0. The van der Waals surface area contributed by atoms with Crippen molar-refractivity contribution in [3.63, 3.8) is 0 Å². The smallest absolute Gasteiger partial charge is 0.264 e. The van der Waals surface area contributed by atoms with Crippen LogP contribution in [0.25, 0.3) is 11.1 Å². The van der Waals surface area contributed by atoms with Gasteiger partial charge >= 0.3 is 0 Å². The lowest BCUT2D eigenvalue weighted by Crippen LogP contribution is -2.74. The van der Waals surface area contributed by atoms with Crippen LogP contribution >= 0.6 is 0 Å². The number of ether oxygens (including phenoxy) is 2. The van der Waals surface area contributed by atoms with E-state index in [4.69, 9.17) is 14.6 Å². The third-order valence-corrected chi connectivity index (χ3v) is 17.0. The fourth-order valence-corrected chi connectivity index (χ4v) is 13.3. The van der Waals surface area contributed by atoms with Crippen LogP contribution in [-0.2, 0) is 31.2 Å². The van der Waals surface area contributed by atoms with Gasteiger partial charge in [-0.2, -0.15) is 15.5 Å². The van der Waals surface area contributed by atoms with E-state index >= 15 is 0 Å². The van der Waals surface area contributed by atoms with Gasteiger partial charge in [0.15, 0.2) is 5.82 Å². The molecule has 2 saturated heterocycles. The summed E-state index contributed by atoms with van der Waals surface area (Å²) in [6.07, 6.45) is 5.98. The monoisotopic (exact) mass is 997 g/mol. The third kappa shape index (κ3) is 9.42. The lowest BCUT2D eigenvalue weighted by molar-refractivity contribution is -0.164. The molecule has 0 bridgehead atoms. The number of likely N-dealkylation sites (tertiary alicyclic amines) is 1. The van der Waals surface area contributed by atoms with Crippen LogP contribution in [0.2, 0.25) is 0 Å². The number of nitrogens with zero attached hydrogens (tertiary/aromatic N) is 9. The molecule has 386 valence electrons. The van der Waals surface area contributed by atoms with Crippen molar-refractivity contribution in [2.24, 2.45) is 29.7 Å². The van der Waals surface area contributed by atoms with Gasteiger partial charge in [-0.05, 0) is 104 Å². The minimum absolute atomic E-state index is 0.00922. The number of alkyl halides is 2. The van der Waals surface area contributed by atoms with Gasteiger partial charge in [-0.1, -0.05) is 34.6 Å². The second kappa shape index (κ2) is 19.8. The van der Waals surface area contributed by atoms with Crippen LogP contribution in [0.5, 0.6) is 11.5 Å². The number of aromatic nitrogens is 4. The number of hydrogen-bond acceptors (Lipinski definition) is 10. The molecule has 2 atom stereocenters. The highest BCUT2D eigenvalue weighted by molar-refractivity contribution is 5.95. The molecule has 3 aromatic carbocycles. The van der Waals surface area contributed by atoms with E-state index < -0.39 is 6.43 Å². The van der Waals surface area contributed by atoms with Crippen LogP contribution in [0, 0.1) is 34.0 Å². The van der Waals surface area contributed by atoms with Crippen molar-refractivity contribution in [1.29, 1.82) is 5.26 Å². The molecule has 1 N–H and O–H groups in total. The predicted octanol–water partition coefficient (Wildman–Crippen LogP) is 9.50. The number of aryl methyl sites for hydroxylation is 2. The van der Waals surface area contributed by atoms with E-state index in [9.17, 15) is 23.6 Å². The van der Waals surface area contributed by atoms with Gasteiger partial charge in [-0.25, -0.2) is 8.78 Å². The normalized spacial score (nSPS) is 22.8. The summed E-state index contributed by atoms with van der Waals surface area (Å²) in [5, 5.41) is 22.4. The summed E-state index contributed by atoms with van der Waals surface area (Å²) in [4.78, 5) is 35.6. The van der Waals surface area contributed by atoms with Crippen LogP contribution in [0.15, 0.2) is 67.0 Å². The van der Waals surface area contributed by atoms with E-state index in [0.717, 1.165) is 93.1 Å². The second-order valence-electron chi connectivity index (χ2n) is 22.5. The highest BCUT2D eigenvalue weighted by atomic mass is 19.3. The number of fused-ring (bicyclic) bond motifs is 2. The largest absolute Gasteiger partial charge is 0.495 e. The maximum absolute atomic E-state index is 14.8. The van der Waals surface area contributed by atoms with Crippen LogP contribution in [0.3, 0.4) is 0 Å². The van der Waals surface area contributed by atoms with Crippen molar-refractivity contribution in [2.45, 2.75) is 111 Å². The maximum Gasteiger partial charge on any atom is 0.264 e. The summed E-state index contributed by atoms with van der Waals surface area (Å²) in [7, 11) is 3.33. The maximum atomic E-state index is 14.8. The number of piperidine rings is 2. The van der Waals surface area contributed by atoms with E-state index in [0.29, 0.717) is 71.6 Å². The van der Waals surface area contributed by atoms with Gasteiger partial charge in [0.1, 0.15) is 23.7 Å². The van der Waals surface area contributed by atoms with Crippen molar-refractivity contribution in [1.82, 2.24) is 34.7 Å². The van der Waals surface area contributed by atoms with E-state index in [1.807, 2.05) is 23.1 Å². The van der Waals surface area contributed by atoms with Crippen molar-refractivity contribution >= 4 is 29.0 Å². The Morgan fingerprint density at radius 3 is 2.37 bits per heavy atom. The van der Waals surface area contributed by atoms with Crippen LogP contribution < -0.4 is 24.6 Å². The summed E-state index contributed by atoms with van der Waals surface area (Å²) >= 11 is 0. The highest BCUT2D eigenvalue weighted by Crippen LogP contribution is 2.56. The number of halogens is 2. The molecular weight excluding hydrogens is 927 g/mol. The number of nitrogens with one attached hydrogen (secondary N) is 1. The van der Waals surface area contributed by atoms with E-state index in [2.05, 4.69) is 82.6 Å². The first kappa shape index (κ1) is 50.1. The van der Waals surface area contributed by atoms with Crippen LogP contribution in [-0.4, -0.2) is 106 Å². The number of anilines is 3. The molecule has 0 spiro atoms. The molecule has 10 rings (SSSR count). The Bertz CT molecular complexity index is 2900. The fraction of sp³-hybridized carbons (Fsp3) is 0.526. The zero-order valence-electron chi connectivity index (χ0n) is 43.6. The Labute approximate surface area is 428 Å². The van der Waals surface area contributed by atoms with E-state index in [1.165, 1.54) is 5.69 Å². The molecule has 5 aromatic rings. The number of hydrogen-bond donors (Lipinski definition) is 1. The molecule has 2 amide bonds. The summed E-state index contributed by atoms with van der Waals surface area (Å²) in [6, 6.07) is 19.1. The predicted molar refractivity (Wildman–Crippen MR) is 278 cm³/mol. The van der Waals surface area contributed by atoms with Gasteiger partial charge in [0.2, 0.25) is 5.91 Å². The van der Waals surface area contributed by atoms with Gasteiger partial charge in [0.05, 0.1) is 31.5 Å². The number of methoxy groups -OCH3 is 1. The molecule has 1 aliphatic carbocycles. The fourth-order valence-electron chi connectivity index (χ4n) is 13.3. The summed E-state index contributed by atoms with van der Waals surface area (Å²) in [5.74, 6) is 2.87. The number of benzene rings is 3. The zero-order chi connectivity index (χ0) is 51.5. The quantitative estimate of drug-likeness (QED) is 0.129. The first-order chi connectivity index (χ1) is 34.9. The number of amides is 2. The first-order valence-corrected chi connectivity index (χ1v) is 26.1. The highest BCUT2D eigenvalue weighted by Gasteiger charge is 2.64. The van der Waals surface area contributed by atoms with Crippen LogP contribution in [0.1, 0.15) is 118 Å². The molecule has 6 heterocycles. The summed E-state index contributed by atoms with van der Waals surface area (Å²) in [5.41, 5.74) is 6.68. The van der Waals surface area contributed by atoms with Crippen molar-refractivity contribution in [3.05, 3.63) is 101 Å². The van der Waals surface area contributed by atoms with Crippen molar-refractivity contribution in [2.75, 3.05) is 62.7 Å². The van der Waals surface area contributed by atoms with E-state index in [1.54, 1.807) is 62.4 Å². The SMILES string of the molecule is COc1cc(OC2C(C)(C)C(NC(=O)c3ccc(N4CC[C@@H](CN5CCC(n6nc(N7CCCc8cc(-c9cnn(C)c9)c(C(F)F)cc87)c7c6CCN(C(C)=O)C7)CC5)[C@@H](C)C4)cc3)C2(C)C)ccc1C#N. The number of carbonyl (C=O) groups is 2. The average molecular weight is 997 g/mol. The van der Waals surface area contributed by atoms with Gasteiger partial charge in [-0.3, -0.25) is 19.0 Å². The van der Waals surface area contributed by atoms with Gasteiger partial charge in [0.25, 0.3) is 12.3 Å². The first-order valence-electron chi connectivity index (χ1n) is 26.1. The van der Waals surface area contributed by atoms with Gasteiger partial charge < -0.3 is 34.4 Å². The van der Waals surface area contributed by atoms with Crippen LogP contribution in [0.4, 0.5) is 26.0 Å². The van der Waals surface area contributed by atoms with Crippen molar-refractivity contribution < 1.29 is 27.8 Å². The molecule has 3 fully saturated rings. The average Bonchev–Trinajstić information content (AvgIpc) is 4.00. The number of rotatable bonds is 12. The molecule has 73 heavy (non-hydrogen) atoms. The molecule has 2 aromatic heterocycles. The Balaban J connectivity index is 0.755. The lowest BCUT2D eigenvalue weighted by Gasteiger charge is -2.63. The molecule has 1 saturated carbocycles. The topological polar surface area (TPSA) is 137 Å². The Kier molecular flexibility index (Phi) is 13.6. The molecule has 4 aliphatic heterocycles. The Hall–Kier alpha value is -6.47. The minimum Gasteiger partial charge on any atom is -0.495 e. The number of carbonyl (C=O) groups excluding carboxylic acids is 2. The van der Waals surface area contributed by atoms with Crippen molar-refractivity contribution in [3.8, 4) is 28.7 Å². The number of nitriles is 1. The Morgan fingerprint density at radius 1 is 0.959 bits per heavy atom. The van der Waals surface area contributed by atoms with Gasteiger partial charge in [-0.15, -0.1) is 0 Å². The molecule has 5 aliphatic rings. The Morgan fingerprint density at radius 2 is 1.71 bits per heavy atom. The van der Waals surface area contributed by atoms with Gasteiger partial charge in [0, 0.05) is 135 Å². The zero-order valence-corrected chi connectivity index (χ0v) is 43.6. The molecule has 14 nitrogen and oxygen atoms in total. The molecule has 0 unspecified atom stereocenters.